The van der Waals surface area contributed by atoms with Gasteiger partial charge in [-0.25, -0.2) is 10.3 Å². The smallest absolute Gasteiger partial charge is 0.126 e. The van der Waals surface area contributed by atoms with E-state index in [0.29, 0.717) is 12.0 Å². The molecular formula is C8H10FNO2. The SMILES string of the molecule is NOCCc1cc(O)ccc1F. The topological polar surface area (TPSA) is 55.5 Å². The molecule has 0 aliphatic heterocycles. The second-order valence-corrected chi connectivity index (χ2v) is 2.40. The van der Waals surface area contributed by atoms with Gasteiger partial charge >= 0.3 is 0 Å². The largest absolute Gasteiger partial charge is 0.508 e. The van der Waals surface area contributed by atoms with Crippen LogP contribution in [0.15, 0.2) is 18.2 Å². The van der Waals surface area contributed by atoms with Gasteiger partial charge < -0.3 is 9.94 Å². The molecule has 3 nitrogen and oxygen atoms in total. The third-order valence-corrected chi connectivity index (χ3v) is 1.52. The van der Waals surface area contributed by atoms with Gasteiger partial charge in [0.15, 0.2) is 0 Å². The summed E-state index contributed by atoms with van der Waals surface area (Å²) in [4.78, 5) is 4.29. The van der Waals surface area contributed by atoms with Crippen LogP contribution in [0.5, 0.6) is 5.75 Å². The fourth-order valence-electron chi connectivity index (χ4n) is 0.922. The van der Waals surface area contributed by atoms with Gasteiger partial charge in [0.25, 0.3) is 0 Å². The molecule has 0 amide bonds. The monoisotopic (exact) mass is 171 g/mol. The number of rotatable bonds is 3. The van der Waals surface area contributed by atoms with Gasteiger partial charge in [-0.05, 0) is 23.8 Å². The average Bonchev–Trinajstić information content (AvgIpc) is 2.07. The summed E-state index contributed by atoms with van der Waals surface area (Å²) < 4.78 is 12.9. The zero-order chi connectivity index (χ0) is 8.97. The molecule has 1 aromatic rings. The van der Waals surface area contributed by atoms with Crippen molar-refractivity contribution in [3.63, 3.8) is 0 Å². The highest BCUT2D eigenvalue weighted by Gasteiger charge is 2.02. The first kappa shape index (κ1) is 8.96. The van der Waals surface area contributed by atoms with Crippen molar-refractivity contribution in [2.24, 2.45) is 5.90 Å². The molecule has 1 aromatic carbocycles. The maximum atomic E-state index is 12.9. The van der Waals surface area contributed by atoms with Crippen LogP contribution in [0.1, 0.15) is 5.56 Å². The Kier molecular flexibility index (Phi) is 3.01. The van der Waals surface area contributed by atoms with Gasteiger partial charge in [0.05, 0.1) is 6.61 Å². The molecule has 0 saturated carbocycles. The molecule has 0 radical (unpaired) electrons. The van der Waals surface area contributed by atoms with E-state index in [0.717, 1.165) is 0 Å². The van der Waals surface area contributed by atoms with Gasteiger partial charge in [-0.2, -0.15) is 0 Å². The number of halogens is 1. The molecule has 0 spiro atoms. The molecule has 66 valence electrons. The second-order valence-electron chi connectivity index (χ2n) is 2.40. The van der Waals surface area contributed by atoms with Gasteiger partial charge in [-0.1, -0.05) is 0 Å². The summed E-state index contributed by atoms with van der Waals surface area (Å²) in [6.07, 6.45) is 0.358. The van der Waals surface area contributed by atoms with E-state index in [2.05, 4.69) is 4.84 Å². The van der Waals surface area contributed by atoms with Crippen molar-refractivity contribution in [2.75, 3.05) is 6.61 Å². The Morgan fingerprint density at radius 3 is 2.92 bits per heavy atom. The Balaban J connectivity index is 2.75. The zero-order valence-corrected chi connectivity index (χ0v) is 6.46. The minimum absolute atomic E-state index is 0.0448. The maximum Gasteiger partial charge on any atom is 0.126 e. The van der Waals surface area contributed by atoms with Crippen molar-refractivity contribution < 1.29 is 14.3 Å². The van der Waals surface area contributed by atoms with Crippen molar-refractivity contribution in [2.45, 2.75) is 6.42 Å². The molecule has 0 aliphatic rings. The molecule has 3 N–H and O–H groups in total. The fraction of sp³-hybridized carbons (Fsp3) is 0.250. The van der Waals surface area contributed by atoms with Crippen molar-refractivity contribution in [1.82, 2.24) is 0 Å². The predicted molar refractivity (Wildman–Crippen MR) is 41.9 cm³/mol. The van der Waals surface area contributed by atoms with Crippen LogP contribution in [-0.2, 0) is 11.3 Å². The Morgan fingerprint density at radius 2 is 2.25 bits per heavy atom. The first-order chi connectivity index (χ1) is 5.74. The lowest BCUT2D eigenvalue weighted by atomic mass is 10.1. The minimum atomic E-state index is -0.357. The van der Waals surface area contributed by atoms with Crippen LogP contribution in [0.25, 0.3) is 0 Å². The third-order valence-electron chi connectivity index (χ3n) is 1.52. The highest BCUT2D eigenvalue weighted by Crippen LogP contribution is 2.15. The standard InChI is InChI=1S/C8H10FNO2/c9-8-2-1-7(11)5-6(8)3-4-12-10/h1-2,5,11H,3-4,10H2. The van der Waals surface area contributed by atoms with Crippen LogP contribution in [0.2, 0.25) is 0 Å². The highest BCUT2D eigenvalue weighted by atomic mass is 19.1. The molecule has 0 bridgehead atoms. The summed E-state index contributed by atoms with van der Waals surface area (Å²) in [5, 5.41) is 9.00. The minimum Gasteiger partial charge on any atom is -0.508 e. The van der Waals surface area contributed by atoms with E-state index in [4.69, 9.17) is 11.0 Å². The average molecular weight is 171 g/mol. The zero-order valence-electron chi connectivity index (χ0n) is 6.46. The number of benzene rings is 1. The summed E-state index contributed by atoms with van der Waals surface area (Å²) in [5.41, 5.74) is 0.403. The van der Waals surface area contributed by atoms with Gasteiger partial charge in [0, 0.05) is 6.42 Å². The first-order valence-corrected chi connectivity index (χ1v) is 3.53. The molecule has 12 heavy (non-hydrogen) atoms. The summed E-state index contributed by atoms with van der Waals surface area (Å²) in [6.45, 7) is 0.236. The predicted octanol–water partition coefficient (Wildman–Crippen LogP) is 0.964. The van der Waals surface area contributed by atoms with Crippen LogP contribution in [0.3, 0.4) is 0 Å². The lowest BCUT2D eigenvalue weighted by molar-refractivity contribution is 0.140. The fourth-order valence-corrected chi connectivity index (χ4v) is 0.922. The summed E-state index contributed by atoms with van der Waals surface area (Å²) in [6, 6.07) is 3.86. The van der Waals surface area contributed by atoms with Crippen molar-refractivity contribution >= 4 is 0 Å². The summed E-state index contributed by atoms with van der Waals surface area (Å²) in [7, 11) is 0. The van der Waals surface area contributed by atoms with E-state index in [1.807, 2.05) is 0 Å². The lowest BCUT2D eigenvalue weighted by Gasteiger charge is -2.01. The van der Waals surface area contributed by atoms with Gasteiger partial charge in [-0.3, -0.25) is 0 Å². The van der Waals surface area contributed by atoms with E-state index in [1.165, 1.54) is 18.2 Å². The normalized spacial score (nSPS) is 10.2. The molecular weight excluding hydrogens is 161 g/mol. The second kappa shape index (κ2) is 4.04. The van der Waals surface area contributed by atoms with E-state index >= 15 is 0 Å². The Hall–Kier alpha value is -1.13. The van der Waals surface area contributed by atoms with Gasteiger partial charge in [0.2, 0.25) is 0 Å². The molecule has 0 fully saturated rings. The van der Waals surface area contributed by atoms with Crippen LogP contribution in [0.4, 0.5) is 4.39 Å². The van der Waals surface area contributed by atoms with Crippen molar-refractivity contribution in [3.8, 4) is 5.75 Å². The Morgan fingerprint density at radius 1 is 1.50 bits per heavy atom. The van der Waals surface area contributed by atoms with Crippen LogP contribution in [-0.4, -0.2) is 11.7 Å². The van der Waals surface area contributed by atoms with Gasteiger partial charge in [-0.15, -0.1) is 0 Å². The number of nitrogens with two attached hydrogens (primary N) is 1. The van der Waals surface area contributed by atoms with Gasteiger partial charge in [0.1, 0.15) is 11.6 Å². The number of hydrogen-bond acceptors (Lipinski definition) is 3. The van der Waals surface area contributed by atoms with Crippen LogP contribution in [0, 0.1) is 5.82 Å². The molecule has 0 unspecified atom stereocenters. The molecule has 0 atom stereocenters. The number of phenolic OH excluding ortho intramolecular Hbond substituents is 1. The Labute approximate surface area is 69.5 Å². The van der Waals surface area contributed by atoms with E-state index in [1.54, 1.807) is 0 Å². The number of hydrogen-bond donors (Lipinski definition) is 2. The molecule has 1 rings (SSSR count). The summed E-state index contributed by atoms with van der Waals surface area (Å²) >= 11 is 0. The van der Waals surface area contributed by atoms with Crippen molar-refractivity contribution in [1.29, 1.82) is 0 Å². The van der Waals surface area contributed by atoms with Crippen LogP contribution >= 0.6 is 0 Å². The molecule has 0 saturated heterocycles. The summed E-state index contributed by atoms with van der Waals surface area (Å²) in [5.74, 6) is 4.47. The number of aromatic hydroxyl groups is 1. The maximum absolute atomic E-state index is 12.9. The highest BCUT2D eigenvalue weighted by molar-refractivity contribution is 5.28. The molecule has 0 heterocycles. The number of phenols is 1. The molecule has 0 aliphatic carbocycles. The molecule has 4 heteroatoms. The van der Waals surface area contributed by atoms with E-state index in [9.17, 15) is 4.39 Å². The quantitative estimate of drug-likeness (QED) is 0.666. The van der Waals surface area contributed by atoms with E-state index in [-0.39, 0.29) is 18.2 Å². The van der Waals surface area contributed by atoms with E-state index < -0.39 is 0 Å². The molecule has 0 aromatic heterocycles. The lowest BCUT2D eigenvalue weighted by Crippen LogP contribution is -2.04. The Bertz CT molecular complexity index is 265. The van der Waals surface area contributed by atoms with Crippen molar-refractivity contribution in [3.05, 3.63) is 29.6 Å². The van der Waals surface area contributed by atoms with Crippen LogP contribution < -0.4 is 5.90 Å². The third kappa shape index (κ3) is 2.18. The first-order valence-electron chi connectivity index (χ1n) is 3.53.